The molecule has 1 unspecified atom stereocenters. The highest BCUT2D eigenvalue weighted by Crippen LogP contribution is 2.23. The minimum atomic E-state index is -0.150. The van der Waals surface area contributed by atoms with E-state index < -0.39 is 0 Å². The third-order valence-electron chi connectivity index (χ3n) is 4.81. The van der Waals surface area contributed by atoms with Gasteiger partial charge in [-0.15, -0.1) is 0 Å². The van der Waals surface area contributed by atoms with Crippen molar-refractivity contribution in [3.8, 4) is 0 Å². The Morgan fingerprint density at radius 2 is 2.03 bits per heavy atom. The number of carbonyl (C=O) groups is 1. The van der Waals surface area contributed by atoms with Crippen LogP contribution in [0.1, 0.15) is 24.8 Å². The van der Waals surface area contributed by atoms with Crippen LogP contribution >= 0.6 is 11.8 Å². The minimum absolute atomic E-state index is 0.0292. The molecular formula is C21H28N6O2S. The first-order chi connectivity index (χ1) is 14.7. The van der Waals surface area contributed by atoms with Crippen LogP contribution in [0.3, 0.4) is 0 Å². The van der Waals surface area contributed by atoms with Crippen molar-refractivity contribution >= 4 is 34.5 Å². The number of hydrogen-bond acceptors (Lipinski definition) is 7. The second-order valence-electron chi connectivity index (χ2n) is 6.75. The number of aromatic nitrogens is 4. The molecule has 0 aliphatic carbocycles. The van der Waals surface area contributed by atoms with E-state index >= 15 is 0 Å². The van der Waals surface area contributed by atoms with Crippen LogP contribution in [-0.4, -0.2) is 58.7 Å². The number of carbonyl (C=O) groups excluding carboxylic acids is 1. The monoisotopic (exact) mass is 428 g/mol. The molecule has 0 fully saturated rings. The van der Waals surface area contributed by atoms with Gasteiger partial charge in [-0.1, -0.05) is 49.0 Å². The van der Waals surface area contributed by atoms with Crippen molar-refractivity contribution in [2.75, 3.05) is 38.4 Å². The van der Waals surface area contributed by atoms with Crippen LogP contribution in [0.2, 0.25) is 0 Å². The Bertz CT molecular complexity index is 963. The van der Waals surface area contributed by atoms with Crippen LogP contribution < -0.4 is 10.6 Å². The van der Waals surface area contributed by atoms with Crippen LogP contribution in [0, 0.1) is 0 Å². The fourth-order valence-electron chi connectivity index (χ4n) is 3.26. The molecule has 0 radical (unpaired) electrons. The van der Waals surface area contributed by atoms with Crippen LogP contribution in [-0.2, 0) is 16.1 Å². The van der Waals surface area contributed by atoms with E-state index in [0.29, 0.717) is 31.4 Å². The highest BCUT2D eigenvalue weighted by molar-refractivity contribution is 7.98. The summed E-state index contributed by atoms with van der Waals surface area (Å²) in [4.78, 5) is 21.8. The number of nitrogens with one attached hydrogen (secondary N) is 2. The van der Waals surface area contributed by atoms with Gasteiger partial charge in [0.25, 0.3) is 0 Å². The summed E-state index contributed by atoms with van der Waals surface area (Å²) in [6.45, 7) is 4.26. The lowest BCUT2D eigenvalue weighted by molar-refractivity contribution is -0.122. The quantitative estimate of drug-likeness (QED) is 0.275. The molecule has 3 rings (SSSR count). The molecule has 1 aromatic carbocycles. The number of ether oxygens (including phenoxy) is 1. The van der Waals surface area contributed by atoms with Gasteiger partial charge in [-0.05, 0) is 18.2 Å². The van der Waals surface area contributed by atoms with Gasteiger partial charge >= 0.3 is 0 Å². The number of nitrogens with zero attached hydrogens (tertiary/aromatic N) is 4. The highest BCUT2D eigenvalue weighted by atomic mass is 32.2. The number of methoxy groups -OCH3 is 1. The van der Waals surface area contributed by atoms with E-state index in [0.717, 1.165) is 28.8 Å². The smallest absolute Gasteiger partial charge is 0.227 e. The van der Waals surface area contributed by atoms with Gasteiger partial charge in [-0.3, -0.25) is 4.79 Å². The lowest BCUT2D eigenvalue weighted by Crippen LogP contribution is -2.32. The Morgan fingerprint density at radius 1 is 1.23 bits per heavy atom. The molecule has 9 heteroatoms. The Morgan fingerprint density at radius 3 is 2.73 bits per heavy atom. The van der Waals surface area contributed by atoms with Gasteiger partial charge in [-0.25, -0.2) is 14.6 Å². The van der Waals surface area contributed by atoms with E-state index in [1.165, 1.54) is 11.8 Å². The van der Waals surface area contributed by atoms with E-state index in [1.54, 1.807) is 13.3 Å². The summed E-state index contributed by atoms with van der Waals surface area (Å²) in [5, 5.41) is 12.3. The summed E-state index contributed by atoms with van der Waals surface area (Å²) >= 11 is 1.48. The number of rotatable bonds is 11. The summed E-state index contributed by atoms with van der Waals surface area (Å²) in [6, 6.07) is 9.87. The van der Waals surface area contributed by atoms with Gasteiger partial charge in [0.05, 0.1) is 30.7 Å². The first kappa shape index (κ1) is 22.0. The average Bonchev–Trinajstić information content (AvgIpc) is 3.18. The van der Waals surface area contributed by atoms with Crippen molar-refractivity contribution in [3.63, 3.8) is 0 Å². The largest absolute Gasteiger partial charge is 0.383 e. The second-order valence-corrected chi connectivity index (χ2v) is 7.52. The van der Waals surface area contributed by atoms with Crippen molar-refractivity contribution in [2.45, 2.75) is 31.0 Å². The Kier molecular flexibility index (Phi) is 8.04. The maximum Gasteiger partial charge on any atom is 0.227 e. The molecule has 2 heterocycles. The zero-order valence-electron chi connectivity index (χ0n) is 17.6. The Hall–Kier alpha value is -2.65. The summed E-state index contributed by atoms with van der Waals surface area (Å²) in [6.07, 6.45) is 4.45. The topological polar surface area (TPSA) is 94.0 Å². The second kappa shape index (κ2) is 10.9. The molecular weight excluding hydrogens is 400 g/mol. The summed E-state index contributed by atoms with van der Waals surface area (Å²) in [5.74, 6) is 0.621. The van der Waals surface area contributed by atoms with E-state index in [1.807, 2.05) is 48.2 Å². The zero-order valence-corrected chi connectivity index (χ0v) is 18.4. The van der Waals surface area contributed by atoms with Crippen LogP contribution in [0.25, 0.3) is 11.0 Å². The lowest BCUT2D eigenvalue weighted by atomic mass is 9.96. The van der Waals surface area contributed by atoms with Crippen molar-refractivity contribution < 1.29 is 9.53 Å². The number of anilines is 1. The number of thioether (sulfide) groups is 1. The molecule has 160 valence electrons. The van der Waals surface area contributed by atoms with Gasteiger partial charge in [0.1, 0.15) is 5.82 Å². The van der Waals surface area contributed by atoms with E-state index in [4.69, 9.17) is 4.74 Å². The van der Waals surface area contributed by atoms with Crippen molar-refractivity contribution in [1.82, 2.24) is 25.1 Å². The van der Waals surface area contributed by atoms with Gasteiger partial charge in [-0.2, -0.15) is 5.10 Å². The van der Waals surface area contributed by atoms with Gasteiger partial charge in [0.15, 0.2) is 10.8 Å². The third-order valence-corrected chi connectivity index (χ3v) is 5.35. The molecule has 0 saturated carbocycles. The molecule has 2 aromatic heterocycles. The fraction of sp³-hybridized carbons (Fsp3) is 0.429. The number of benzene rings is 1. The third kappa shape index (κ3) is 5.28. The molecule has 3 aromatic rings. The molecule has 0 aliphatic rings. The maximum absolute atomic E-state index is 12.7. The number of hydrogen-bond donors (Lipinski definition) is 2. The normalized spacial score (nSPS) is 12.1. The predicted molar refractivity (Wildman–Crippen MR) is 120 cm³/mol. The molecule has 1 atom stereocenters. The molecule has 30 heavy (non-hydrogen) atoms. The molecule has 0 bridgehead atoms. The standard InChI is InChI=1S/C21H28N6O2S/c1-4-16(15-8-6-5-7-9-15)20(28)23-10-12-27-19-17(14-24-27)18(22-11-13-29-2)25-21(26-19)30-3/h5-9,14,16H,4,10-13H2,1-3H3,(H,23,28)(H,22,25,26). The SMILES string of the molecule is CCC(C(=O)NCCn1ncc2c(NCCOC)nc(SC)nc21)c1ccccc1. The van der Waals surface area contributed by atoms with Crippen molar-refractivity contribution in [2.24, 2.45) is 0 Å². The van der Waals surface area contributed by atoms with E-state index in [9.17, 15) is 4.79 Å². The fourth-order valence-corrected chi connectivity index (χ4v) is 3.62. The van der Waals surface area contributed by atoms with Gasteiger partial charge in [0, 0.05) is 20.2 Å². The average molecular weight is 429 g/mol. The predicted octanol–water partition coefficient (Wildman–Crippen LogP) is 2.92. The van der Waals surface area contributed by atoms with Gasteiger partial charge < -0.3 is 15.4 Å². The molecule has 0 aliphatic heterocycles. The molecule has 0 spiro atoms. The Labute approximate surface area is 180 Å². The molecule has 8 nitrogen and oxygen atoms in total. The lowest BCUT2D eigenvalue weighted by Gasteiger charge is -2.15. The Balaban J connectivity index is 1.68. The van der Waals surface area contributed by atoms with Crippen LogP contribution in [0.5, 0.6) is 0 Å². The summed E-state index contributed by atoms with van der Waals surface area (Å²) < 4.78 is 6.91. The highest BCUT2D eigenvalue weighted by Gasteiger charge is 2.18. The van der Waals surface area contributed by atoms with E-state index in [-0.39, 0.29) is 11.8 Å². The van der Waals surface area contributed by atoms with Crippen molar-refractivity contribution in [1.29, 1.82) is 0 Å². The number of amides is 1. The van der Waals surface area contributed by atoms with Crippen molar-refractivity contribution in [3.05, 3.63) is 42.1 Å². The van der Waals surface area contributed by atoms with Crippen LogP contribution in [0.4, 0.5) is 5.82 Å². The first-order valence-corrected chi connectivity index (χ1v) is 11.2. The van der Waals surface area contributed by atoms with Crippen LogP contribution in [0.15, 0.2) is 41.7 Å². The molecule has 1 amide bonds. The number of fused-ring (bicyclic) bond motifs is 1. The van der Waals surface area contributed by atoms with Gasteiger partial charge in [0.2, 0.25) is 5.91 Å². The zero-order chi connectivity index (χ0) is 21.3. The molecule has 2 N–H and O–H groups in total. The summed E-state index contributed by atoms with van der Waals surface area (Å²) in [5.41, 5.74) is 1.78. The molecule has 0 saturated heterocycles. The first-order valence-electron chi connectivity index (χ1n) is 10.0. The van der Waals surface area contributed by atoms with E-state index in [2.05, 4.69) is 25.7 Å². The minimum Gasteiger partial charge on any atom is -0.383 e. The maximum atomic E-state index is 12.7. The summed E-state index contributed by atoms with van der Waals surface area (Å²) in [7, 11) is 1.66.